The lowest BCUT2D eigenvalue weighted by atomic mass is 9.99. The fourth-order valence-corrected chi connectivity index (χ4v) is 4.78. The van der Waals surface area contributed by atoms with Crippen LogP contribution in [0, 0.1) is 0 Å². The summed E-state index contributed by atoms with van der Waals surface area (Å²) in [6.45, 7) is 1.38. The molecule has 8 heteroatoms. The van der Waals surface area contributed by atoms with E-state index in [1.807, 2.05) is 19.0 Å². The highest BCUT2D eigenvalue weighted by Crippen LogP contribution is 2.37. The van der Waals surface area contributed by atoms with E-state index in [0.717, 1.165) is 6.54 Å². The third kappa shape index (κ3) is 3.18. The van der Waals surface area contributed by atoms with Crippen LogP contribution >= 0.6 is 15.9 Å². The Morgan fingerprint density at radius 2 is 2.26 bits per heavy atom. The van der Waals surface area contributed by atoms with Crippen molar-refractivity contribution >= 4 is 25.8 Å². The lowest BCUT2D eigenvalue weighted by molar-refractivity contribution is 0.0541. The van der Waals surface area contributed by atoms with Gasteiger partial charge in [-0.2, -0.15) is 5.10 Å². The molecular weight excluding hydrogens is 334 g/mol. The average Bonchev–Trinajstić information content (AvgIpc) is 2.77. The number of hydrogen-bond donors (Lipinski definition) is 1. The van der Waals surface area contributed by atoms with Crippen molar-refractivity contribution in [1.82, 2.24) is 14.7 Å². The molecule has 0 bridgehead atoms. The molecule has 0 spiro atoms. The van der Waals surface area contributed by atoms with Crippen LogP contribution in [0.5, 0.6) is 0 Å². The molecule has 0 aromatic carbocycles. The summed E-state index contributed by atoms with van der Waals surface area (Å²) in [5.41, 5.74) is -0.768. The molecule has 1 aliphatic rings. The van der Waals surface area contributed by atoms with Gasteiger partial charge in [0, 0.05) is 6.54 Å². The van der Waals surface area contributed by atoms with E-state index in [4.69, 9.17) is 0 Å². The summed E-state index contributed by atoms with van der Waals surface area (Å²) >= 11 is 3.36. The summed E-state index contributed by atoms with van der Waals surface area (Å²) in [6.07, 6.45) is 1.83. The molecule has 2 heterocycles. The maximum Gasteiger partial charge on any atom is 0.153 e. The second kappa shape index (κ2) is 5.16. The third-order valence-corrected chi connectivity index (χ3v) is 5.60. The Bertz CT molecular complexity index is 570. The first kappa shape index (κ1) is 15.0. The topological polar surface area (TPSA) is 75.4 Å². The summed E-state index contributed by atoms with van der Waals surface area (Å²) in [5.74, 6) is -0.207. The Kier molecular flexibility index (Phi) is 4.06. The van der Waals surface area contributed by atoms with Crippen molar-refractivity contribution in [2.75, 3.05) is 32.1 Å². The van der Waals surface area contributed by atoms with Gasteiger partial charge in [-0.05, 0) is 36.4 Å². The Morgan fingerprint density at radius 1 is 1.58 bits per heavy atom. The monoisotopic (exact) mass is 351 g/mol. The van der Waals surface area contributed by atoms with Gasteiger partial charge in [-0.15, -0.1) is 0 Å². The molecule has 1 N–H and O–H groups in total. The van der Waals surface area contributed by atoms with Crippen molar-refractivity contribution in [2.24, 2.45) is 0 Å². The van der Waals surface area contributed by atoms with Crippen molar-refractivity contribution in [1.29, 1.82) is 0 Å². The summed E-state index contributed by atoms with van der Waals surface area (Å²) < 4.78 is 25.6. The number of nitrogens with zero attached hydrogens (tertiary/aromatic N) is 3. The second-order valence-corrected chi connectivity index (χ2v) is 8.28. The number of likely N-dealkylation sites (N-methyl/N-ethyl adjacent to an activating group) is 1. The van der Waals surface area contributed by atoms with Gasteiger partial charge in [0.15, 0.2) is 9.84 Å². The number of aromatic nitrogens is 2. The van der Waals surface area contributed by atoms with Crippen molar-refractivity contribution < 1.29 is 13.5 Å². The molecule has 19 heavy (non-hydrogen) atoms. The predicted molar refractivity (Wildman–Crippen MR) is 75.6 cm³/mol. The van der Waals surface area contributed by atoms with Gasteiger partial charge in [0.1, 0.15) is 5.60 Å². The van der Waals surface area contributed by atoms with E-state index in [0.29, 0.717) is 16.7 Å². The Hall–Kier alpha value is -0.440. The first-order valence-corrected chi connectivity index (χ1v) is 8.64. The summed E-state index contributed by atoms with van der Waals surface area (Å²) in [6, 6.07) is 0. The number of rotatable bonds is 4. The summed E-state index contributed by atoms with van der Waals surface area (Å²) in [5, 5.41) is 14.8. The molecule has 1 saturated heterocycles. The van der Waals surface area contributed by atoms with Crippen LogP contribution in [0.4, 0.5) is 0 Å². The highest BCUT2D eigenvalue weighted by molar-refractivity contribution is 9.10. The van der Waals surface area contributed by atoms with Gasteiger partial charge in [0.25, 0.3) is 0 Å². The first-order valence-electron chi connectivity index (χ1n) is 6.03. The minimum Gasteiger partial charge on any atom is -0.382 e. The van der Waals surface area contributed by atoms with E-state index in [1.165, 1.54) is 0 Å². The van der Waals surface area contributed by atoms with E-state index in [1.54, 1.807) is 10.9 Å². The molecule has 0 radical (unpaired) electrons. The van der Waals surface area contributed by atoms with Gasteiger partial charge >= 0.3 is 0 Å². The van der Waals surface area contributed by atoms with Gasteiger partial charge in [0.05, 0.1) is 34.4 Å². The van der Waals surface area contributed by atoms with Crippen molar-refractivity contribution in [3.63, 3.8) is 0 Å². The maximum absolute atomic E-state index is 11.6. The molecule has 1 fully saturated rings. The van der Waals surface area contributed by atoms with Crippen LogP contribution in [0.2, 0.25) is 0 Å². The predicted octanol–water partition coefficient (Wildman–Crippen LogP) is 0.213. The number of sulfone groups is 1. The van der Waals surface area contributed by atoms with Gasteiger partial charge in [-0.25, -0.2) is 8.42 Å². The lowest BCUT2D eigenvalue weighted by Crippen LogP contribution is -2.32. The normalized spacial score (nSPS) is 26.2. The molecule has 2 rings (SSSR count). The summed E-state index contributed by atoms with van der Waals surface area (Å²) in [7, 11) is 0.736. The van der Waals surface area contributed by atoms with Crippen LogP contribution in [0.25, 0.3) is 0 Å². The molecule has 6 nitrogen and oxygen atoms in total. The van der Waals surface area contributed by atoms with Crippen molar-refractivity contribution in [3.05, 3.63) is 16.4 Å². The van der Waals surface area contributed by atoms with E-state index in [-0.39, 0.29) is 17.9 Å². The maximum atomic E-state index is 11.6. The molecule has 1 aliphatic heterocycles. The molecule has 1 aromatic rings. The van der Waals surface area contributed by atoms with Crippen LogP contribution in [-0.4, -0.2) is 60.4 Å². The highest BCUT2D eigenvalue weighted by Gasteiger charge is 2.45. The Morgan fingerprint density at radius 3 is 2.79 bits per heavy atom. The van der Waals surface area contributed by atoms with Crippen LogP contribution in [0.15, 0.2) is 10.7 Å². The lowest BCUT2D eigenvalue weighted by Gasteiger charge is -2.23. The highest BCUT2D eigenvalue weighted by atomic mass is 79.9. The molecule has 1 unspecified atom stereocenters. The molecule has 0 amide bonds. The average molecular weight is 352 g/mol. The molecule has 108 valence electrons. The summed E-state index contributed by atoms with van der Waals surface area (Å²) in [4.78, 5) is 2.01. The molecular formula is C11H18BrN3O3S. The smallest absolute Gasteiger partial charge is 0.153 e. The zero-order valence-electron chi connectivity index (χ0n) is 11.0. The van der Waals surface area contributed by atoms with E-state index < -0.39 is 15.4 Å². The minimum atomic E-state index is -3.17. The fourth-order valence-electron chi connectivity index (χ4n) is 2.31. The van der Waals surface area contributed by atoms with Gasteiger partial charge in [0.2, 0.25) is 0 Å². The molecule has 1 aromatic heterocycles. The largest absolute Gasteiger partial charge is 0.382 e. The Labute approximate surface area is 121 Å². The first-order chi connectivity index (χ1) is 8.73. The van der Waals surface area contributed by atoms with E-state index >= 15 is 0 Å². The van der Waals surface area contributed by atoms with E-state index in [2.05, 4.69) is 21.0 Å². The standard InChI is InChI=1S/C11H18BrN3O3S/c1-14(2)4-5-15-10(9(12)7-13-15)11(16)3-6-19(17,18)8-11/h7,16H,3-6,8H2,1-2H3. The van der Waals surface area contributed by atoms with Crippen LogP contribution in [0.3, 0.4) is 0 Å². The van der Waals surface area contributed by atoms with Gasteiger partial charge in [-0.1, -0.05) is 0 Å². The zero-order valence-corrected chi connectivity index (χ0v) is 13.4. The minimum absolute atomic E-state index is 0.0226. The second-order valence-electron chi connectivity index (χ2n) is 5.24. The van der Waals surface area contributed by atoms with Crippen molar-refractivity contribution in [3.8, 4) is 0 Å². The number of aliphatic hydroxyl groups is 1. The Balaban J connectivity index is 2.31. The van der Waals surface area contributed by atoms with Crippen LogP contribution in [-0.2, 0) is 22.0 Å². The zero-order chi connectivity index (χ0) is 14.3. The van der Waals surface area contributed by atoms with Crippen molar-refractivity contribution in [2.45, 2.75) is 18.6 Å². The quantitative estimate of drug-likeness (QED) is 0.839. The third-order valence-electron chi connectivity index (χ3n) is 3.28. The molecule has 0 saturated carbocycles. The van der Waals surface area contributed by atoms with Crippen LogP contribution in [0.1, 0.15) is 12.1 Å². The number of hydrogen-bond acceptors (Lipinski definition) is 5. The molecule has 0 aliphatic carbocycles. The van der Waals surface area contributed by atoms with Gasteiger partial charge < -0.3 is 10.0 Å². The SMILES string of the molecule is CN(C)CCn1ncc(Br)c1C1(O)CCS(=O)(=O)C1. The fraction of sp³-hybridized carbons (Fsp3) is 0.727. The van der Waals surface area contributed by atoms with Crippen LogP contribution < -0.4 is 0 Å². The number of halogens is 1. The molecule has 1 atom stereocenters. The van der Waals surface area contributed by atoms with Gasteiger partial charge in [-0.3, -0.25) is 4.68 Å². The van der Waals surface area contributed by atoms with E-state index in [9.17, 15) is 13.5 Å².